The van der Waals surface area contributed by atoms with E-state index in [4.69, 9.17) is 11.0 Å². The standard InChI is InChI=1S/C12H22N4O/c1-15-7-3-2-6-11(14)12(17)16-8-4-5-10(16)9-13/h10-11,15H,2-8,14H2,1H3/t10-,11-/m0/s1. The third kappa shape index (κ3) is 3.99. The van der Waals surface area contributed by atoms with Crippen LogP contribution in [0.15, 0.2) is 0 Å². The number of nitrogens with two attached hydrogens (primary N) is 1. The minimum atomic E-state index is -0.444. The van der Waals surface area contributed by atoms with Crippen molar-refractivity contribution in [2.45, 2.75) is 44.2 Å². The van der Waals surface area contributed by atoms with E-state index < -0.39 is 6.04 Å². The predicted molar refractivity (Wildman–Crippen MR) is 66.1 cm³/mol. The van der Waals surface area contributed by atoms with Gasteiger partial charge in [0.15, 0.2) is 0 Å². The number of nitriles is 1. The Balaban J connectivity index is 2.33. The maximum absolute atomic E-state index is 12.0. The van der Waals surface area contributed by atoms with Crippen LogP contribution in [-0.2, 0) is 4.79 Å². The van der Waals surface area contributed by atoms with Crippen molar-refractivity contribution < 1.29 is 4.79 Å². The zero-order chi connectivity index (χ0) is 12.7. The summed E-state index contributed by atoms with van der Waals surface area (Å²) in [5.41, 5.74) is 5.88. The van der Waals surface area contributed by atoms with Gasteiger partial charge in [-0.05, 0) is 39.3 Å². The molecule has 5 heteroatoms. The molecule has 0 saturated carbocycles. The average molecular weight is 238 g/mol. The van der Waals surface area contributed by atoms with Crippen molar-refractivity contribution in [3.8, 4) is 6.07 Å². The van der Waals surface area contributed by atoms with E-state index >= 15 is 0 Å². The van der Waals surface area contributed by atoms with Crippen LogP contribution < -0.4 is 11.1 Å². The van der Waals surface area contributed by atoms with Crippen LogP contribution in [0.3, 0.4) is 0 Å². The molecule has 0 aliphatic carbocycles. The summed E-state index contributed by atoms with van der Waals surface area (Å²) >= 11 is 0. The molecule has 0 spiro atoms. The molecule has 0 unspecified atom stereocenters. The van der Waals surface area contributed by atoms with Crippen LogP contribution >= 0.6 is 0 Å². The largest absolute Gasteiger partial charge is 0.325 e. The van der Waals surface area contributed by atoms with Crippen LogP contribution in [0, 0.1) is 11.3 Å². The summed E-state index contributed by atoms with van der Waals surface area (Å²) in [7, 11) is 1.91. The minimum Gasteiger partial charge on any atom is -0.325 e. The summed E-state index contributed by atoms with van der Waals surface area (Å²) < 4.78 is 0. The highest BCUT2D eigenvalue weighted by molar-refractivity contribution is 5.82. The zero-order valence-electron chi connectivity index (χ0n) is 10.5. The Labute approximate surface area is 103 Å². The number of unbranched alkanes of at least 4 members (excludes halogenated alkanes) is 1. The first-order chi connectivity index (χ1) is 8.20. The zero-order valence-corrected chi connectivity index (χ0v) is 10.5. The van der Waals surface area contributed by atoms with Gasteiger partial charge in [-0.1, -0.05) is 6.42 Å². The number of carbonyl (C=O) groups is 1. The van der Waals surface area contributed by atoms with Crippen LogP contribution in [0.4, 0.5) is 0 Å². The van der Waals surface area contributed by atoms with Gasteiger partial charge in [0.25, 0.3) is 0 Å². The Kier molecular flexibility index (Phi) is 5.95. The highest BCUT2D eigenvalue weighted by Gasteiger charge is 2.31. The van der Waals surface area contributed by atoms with Crippen molar-refractivity contribution in [3.05, 3.63) is 0 Å². The monoisotopic (exact) mass is 238 g/mol. The van der Waals surface area contributed by atoms with Crippen LogP contribution in [-0.4, -0.2) is 43.0 Å². The Bertz CT molecular complexity index is 287. The Hall–Kier alpha value is -1.12. The minimum absolute atomic E-state index is 0.0569. The van der Waals surface area contributed by atoms with Crippen LogP contribution in [0.1, 0.15) is 32.1 Å². The molecule has 1 aliphatic heterocycles. The van der Waals surface area contributed by atoms with Gasteiger partial charge in [0.05, 0.1) is 12.1 Å². The van der Waals surface area contributed by atoms with Crippen LogP contribution in [0.5, 0.6) is 0 Å². The summed E-state index contributed by atoms with van der Waals surface area (Å²) in [5, 5.41) is 12.0. The van der Waals surface area contributed by atoms with E-state index in [0.29, 0.717) is 13.0 Å². The number of rotatable bonds is 6. The molecule has 0 radical (unpaired) electrons. The number of carbonyl (C=O) groups excluding carboxylic acids is 1. The first-order valence-corrected chi connectivity index (χ1v) is 6.31. The van der Waals surface area contributed by atoms with Gasteiger partial charge < -0.3 is 16.0 Å². The fourth-order valence-electron chi connectivity index (χ4n) is 2.17. The number of amides is 1. The van der Waals surface area contributed by atoms with E-state index in [1.54, 1.807) is 4.90 Å². The maximum Gasteiger partial charge on any atom is 0.240 e. The molecule has 1 fully saturated rings. The SMILES string of the molecule is CNCCCC[C@H](N)C(=O)N1CCC[C@H]1C#N. The summed E-state index contributed by atoms with van der Waals surface area (Å²) in [6.07, 6.45) is 4.37. The molecule has 0 aromatic carbocycles. The van der Waals surface area contributed by atoms with Gasteiger partial charge in [0, 0.05) is 6.54 Å². The lowest BCUT2D eigenvalue weighted by molar-refractivity contribution is -0.132. The second-order valence-corrected chi connectivity index (χ2v) is 4.52. The van der Waals surface area contributed by atoms with Gasteiger partial charge in [-0.3, -0.25) is 4.79 Å². The van der Waals surface area contributed by atoms with E-state index in [9.17, 15) is 4.79 Å². The Morgan fingerprint density at radius 2 is 2.41 bits per heavy atom. The van der Waals surface area contributed by atoms with Crippen LogP contribution in [0.25, 0.3) is 0 Å². The van der Waals surface area contributed by atoms with Gasteiger partial charge in [0.2, 0.25) is 5.91 Å². The van der Waals surface area contributed by atoms with E-state index in [2.05, 4.69) is 11.4 Å². The predicted octanol–water partition coefficient (Wildman–Crippen LogP) is 0.218. The molecule has 1 heterocycles. The van der Waals surface area contributed by atoms with E-state index in [-0.39, 0.29) is 11.9 Å². The smallest absolute Gasteiger partial charge is 0.240 e. The first-order valence-electron chi connectivity index (χ1n) is 6.31. The summed E-state index contributed by atoms with van der Waals surface area (Å²) in [6, 6.07) is 1.46. The highest BCUT2D eigenvalue weighted by Crippen LogP contribution is 2.18. The molecule has 1 saturated heterocycles. The van der Waals surface area contributed by atoms with Crippen molar-refractivity contribution in [2.75, 3.05) is 20.1 Å². The number of likely N-dealkylation sites (tertiary alicyclic amines) is 1. The fourth-order valence-corrected chi connectivity index (χ4v) is 2.17. The average Bonchev–Trinajstić information content (AvgIpc) is 2.81. The van der Waals surface area contributed by atoms with E-state index in [0.717, 1.165) is 32.2 Å². The Morgan fingerprint density at radius 1 is 1.65 bits per heavy atom. The normalized spacial score (nSPS) is 21.2. The highest BCUT2D eigenvalue weighted by atomic mass is 16.2. The van der Waals surface area contributed by atoms with Gasteiger partial charge in [-0.15, -0.1) is 0 Å². The molecular formula is C12H22N4O. The van der Waals surface area contributed by atoms with Crippen molar-refractivity contribution in [3.63, 3.8) is 0 Å². The lowest BCUT2D eigenvalue weighted by atomic mass is 10.1. The number of hydrogen-bond donors (Lipinski definition) is 2. The molecule has 3 N–H and O–H groups in total. The van der Waals surface area contributed by atoms with Gasteiger partial charge in [-0.2, -0.15) is 5.26 Å². The fraction of sp³-hybridized carbons (Fsp3) is 0.833. The molecule has 0 aromatic heterocycles. The molecule has 1 rings (SSSR count). The van der Waals surface area contributed by atoms with Crippen molar-refractivity contribution in [2.24, 2.45) is 5.73 Å². The molecule has 0 aromatic rings. The summed E-state index contributed by atoms with van der Waals surface area (Å²) in [6.45, 7) is 1.63. The summed E-state index contributed by atoms with van der Waals surface area (Å²) in [4.78, 5) is 13.7. The van der Waals surface area contributed by atoms with Crippen molar-refractivity contribution in [1.82, 2.24) is 10.2 Å². The van der Waals surface area contributed by atoms with Gasteiger partial charge >= 0.3 is 0 Å². The topological polar surface area (TPSA) is 82.2 Å². The van der Waals surface area contributed by atoms with E-state index in [1.807, 2.05) is 7.05 Å². The molecule has 5 nitrogen and oxygen atoms in total. The molecule has 1 amide bonds. The lowest BCUT2D eigenvalue weighted by Crippen LogP contribution is -2.45. The second-order valence-electron chi connectivity index (χ2n) is 4.52. The number of nitrogens with zero attached hydrogens (tertiary/aromatic N) is 2. The molecule has 17 heavy (non-hydrogen) atoms. The summed E-state index contributed by atoms with van der Waals surface area (Å²) in [5.74, 6) is -0.0569. The Morgan fingerprint density at radius 3 is 3.06 bits per heavy atom. The third-order valence-corrected chi connectivity index (χ3v) is 3.19. The molecule has 1 aliphatic rings. The lowest BCUT2D eigenvalue weighted by Gasteiger charge is -2.23. The molecule has 0 bridgehead atoms. The number of hydrogen-bond acceptors (Lipinski definition) is 4. The third-order valence-electron chi connectivity index (χ3n) is 3.19. The maximum atomic E-state index is 12.0. The van der Waals surface area contributed by atoms with Gasteiger partial charge in [0.1, 0.15) is 6.04 Å². The quantitative estimate of drug-likeness (QED) is 0.648. The second kappa shape index (κ2) is 7.25. The molecule has 2 atom stereocenters. The molecule has 96 valence electrons. The first kappa shape index (κ1) is 13.9. The van der Waals surface area contributed by atoms with E-state index in [1.165, 1.54) is 0 Å². The van der Waals surface area contributed by atoms with Crippen molar-refractivity contribution >= 4 is 5.91 Å². The number of nitrogens with one attached hydrogen (secondary N) is 1. The van der Waals surface area contributed by atoms with Crippen LogP contribution in [0.2, 0.25) is 0 Å². The molecular weight excluding hydrogens is 216 g/mol. The van der Waals surface area contributed by atoms with Gasteiger partial charge in [-0.25, -0.2) is 0 Å². The van der Waals surface area contributed by atoms with Crippen molar-refractivity contribution in [1.29, 1.82) is 5.26 Å².